The molecule has 2 rings (SSSR count). The molecule has 0 bridgehead atoms. The minimum atomic E-state index is -0.515. The second-order valence-electron chi connectivity index (χ2n) is 5.66. The van der Waals surface area contributed by atoms with Crippen molar-refractivity contribution in [1.29, 1.82) is 0 Å². The van der Waals surface area contributed by atoms with Crippen molar-refractivity contribution in [2.24, 2.45) is 0 Å². The van der Waals surface area contributed by atoms with Gasteiger partial charge < -0.3 is 19.3 Å². The molecule has 118 valence electrons. The van der Waals surface area contributed by atoms with E-state index >= 15 is 0 Å². The van der Waals surface area contributed by atoms with E-state index in [1.807, 2.05) is 44.2 Å². The zero-order valence-electron chi connectivity index (χ0n) is 13.4. The van der Waals surface area contributed by atoms with Gasteiger partial charge in [-0.1, -0.05) is 24.3 Å². The maximum atomic E-state index is 9.92. The molecular formula is C18H22O4. The number of hydrogen-bond acceptors (Lipinski definition) is 4. The summed E-state index contributed by atoms with van der Waals surface area (Å²) in [5.41, 5.74) is 0.327. The average molecular weight is 302 g/mol. The van der Waals surface area contributed by atoms with E-state index in [2.05, 4.69) is 0 Å². The van der Waals surface area contributed by atoms with Crippen molar-refractivity contribution < 1.29 is 19.3 Å². The fourth-order valence-corrected chi connectivity index (χ4v) is 2.39. The Morgan fingerprint density at radius 2 is 1.59 bits per heavy atom. The molecule has 0 saturated carbocycles. The molecule has 1 N–H and O–H groups in total. The molecule has 0 unspecified atom stereocenters. The van der Waals surface area contributed by atoms with Gasteiger partial charge in [0.2, 0.25) is 5.75 Å². The Bertz CT molecular complexity index is 635. The number of benzene rings is 2. The number of methoxy groups -OCH3 is 2. The molecule has 0 fully saturated rings. The van der Waals surface area contributed by atoms with Crippen LogP contribution in [-0.2, 0) is 6.42 Å². The summed E-state index contributed by atoms with van der Waals surface area (Å²) in [5, 5.41) is 9.92. The van der Waals surface area contributed by atoms with Gasteiger partial charge >= 0.3 is 0 Å². The van der Waals surface area contributed by atoms with Gasteiger partial charge in [-0.2, -0.15) is 0 Å². The lowest BCUT2D eigenvalue weighted by molar-refractivity contribution is 0.104. The van der Waals surface area contributed by atoms with Crippen molar-refractivity contribution in [3.05, 3.63) is 48.0 Å². The largest absolute Gasteiger partial charge is 0.508 e. The second-order valence-corrected chi connectivity index (χ2v) is 5.66. The summed E-state index contributed by atoms with van der Waals surface area (Å²) < 4.78 is 16.8. The van der Waals surface area contributed by atoms with Gasteiger partial charge in [-0.25, -0.2) is 0 Å². The van der Waals surface area contributed by atoms with E-state index < -0.39 is 5.60 Å². The minimum absolute atomic E-state index is 0.275. The highest BCUT2D eigenvalue weighted by Gasteiger charge is 2.24. The van der Waals surface area contributed by atoms with Crippen molar-refractivity contribution in [1.82, 2.24) is 0 Å². The van der Waals surface area contributed by atoms with E-state index in [4.69, 9.17) is 14.2 Å². The predicted molar refractivity (Wildman–Crippen MR) is 86.1 cm³/mol. The quantitative estimate of drug-likeness (QED) is 0.881. The molecule has 0 saturated heterocycles. The SMILES string of the molecule is COc1cccc(OC(C)(C)Cc2ccccc2O)c1OC. The Morgan fingerprint density at radius 1 is 0.909 bits per heavy atom. The highest BCUT2D eigenvalue weighted by atomic mass is 16.5. The van der Waals surface area contributed by atoms with Crippen LogP contribution in [0.5, 0.6) is 23.0 Å². The summed E-state index contributed by atoms with van der Waals surface area (Å²) >= 11 is 0. The Morgan fingerprint density at radius 3 is 2.23 bits per heavy atom. The predicted octanol–water partition coefficient (Wildman–Crippen LogP) is 3.81. The lowest BCUT2D eigenvalue weighted by atomic mass is 9.97. The van der Waals surface area contributed by atoms with Gasteiger partial charge in [-0.15, -0.1) is 0 Å². The van der Waals surface area contributed by atoms with Gasteiger partial charge in [0.1, 0.15) is 11.4 Å². The molecule has 4 heteroatoms. The molecule has 0 heterocycles. The summed E-state index contributed by atoms with van der Waals surface area (Å²) in [6.07, 6.45) is 0.569. The lowest BCUT2D eigenvalue weighted by Crippen LogP contribution is -2.31. The van der Waals surface area contributed by atoms with Gasteiger partial charge in [-0.3, -0.25) is 0 Å². The van der Waals surface area contributed by atoms with Gasteiger partial charge in [0.05, 0.1) is 14.2 Å². The van der Waals surface area contributed by atoms with E-state index in [0.29, 0.717) is 23.7 Å². The third kappa shape index (κ3) is 3.64. The van der Waals surface area contributed by atoms with Crippen LogP contribution in [0.2, 0.25) is 0 Å². The molecule has 22 heavy (non-hydrogen) atoms. The van der Waals surface area contributed by atoms with E-state index in [9.17, 15) is 5.11 Å². The summed E-state index contributed by atoms with van der Waals surface area (Å²) in [7, 11) is 3.18. The molecule has 2 aromatic carbocycles. The van der Waals surface area contributed by atoms with E-state index in [1.165, 1.54) is 0 Å². The number of hydrogen-bond donors (Lipinski definition) is 1. The number of ether oxygens (including phenoxy) is 3. The third-order valence-electron chi connectivity index (χ3n) is 3.36. The zero-order chi connectivity index (χ0) is 16.2. The van der Waals surface area contributed by atoms with Crippen molar-refractivity contribution in [2.45, 2.75) is 25.9 Å². The summed E-state index contributed by atoms with van der Waals surface area (Å²) in [6.45, 7) is 3.94. The molecule has 2 aromatic rings. The van der Waals surface area contributed by atoms with Crippen molar-refractivity contribution in [3.63, 3.8) is 0 Å². The van der Waals surface area contributed by atoms with Crippen LogP contribution in [0.25, 0.3) is 0 Å². The molecular weight excluding hydrogens is 280 g/mol. The average Bonchev–Trinajstić information content (AvgIpc) is 2.48. The normalized spacial score (nSPS) is 11.1. The van der Waals surface area contributed by atoms with Gasteiger partial charge in [-0.05, 0) is 37.6 Å². The lowest BCUT2D eigenvalue weighted by Gasteiger charge is -2.28. The minimum Gasteiger partial charge on any atom is -0.508 e. The monoisotopic (exact) mass is 302 g/mol. The molecule has 0 aromatic heterocycles. The highest BCUT2D eigenvalue weighted by molar-refractivity contribution is 5.51. The zero-order valence-corrected chi connectivity index (χ0v) is 13.4. The van der Waals surface area contributed by atoms with Crippen LogP contribution in [0, 0.1) is 0 Å². The topological polar surface area (TPSA) is 47.9 Å². The van der Waals surface area contributed by atoms with Gasteiger partial charge in [0.15, 0.2) is 11.5 Å². The fourth-order valence-electron chi connectivity index (χ4n) is 2.39. The van der Waals surface area contributed by atoms with E-state index in [1.54, 1.807) is 26.4 Å². The molecule has 0 radical (unpaired) electrons. The van der Waals surface area contributed by atoms with Crippen LogP contribution < -0.4 is 14.2 Å². The van der Waals surface area contributed by atoms with Crippen LogP contribution in [0.3, 0.4) is 0 Å². The first-order chi connectivity index (χ1) is 10.5. The third-order valence-corrected chi connectivity index (χ3v) is 3.36. The van der Waals surface area contributed by atoms with E-state index in [-0.39, 0.29) is 5.75 Å². The molecule has 0 amide bonds. The first kappa shape index (κ1) is 16.0. The van der Waals surface area contributed by atoms with Gasteiger partial charge in [0.25, 0.3) is 0 Å². The summed E-state index contributed by atoms with van der Waals surface area (Å²) in [5.74, 6) is 2.08. The number of phenolic OH excluding ortho intramolecular Hbond substituents is 1. The summed E-state index contributed by atoms with van der Waals surface area (Å²) in [6, 6.07) is 12.8. The van der Waals surface area contributed by atoms with Crippen LogP contribution in [0.1, 0.15) is 19.4 Å². The first-order valence-corrected chi connectivity index (χ1v) is 7.14. The molecule has 0 aliphatic carbocycles. The number of para-hydroxylation sites is 2. The fraction of sp³-hybridized carbons (Fsp3) is 0.333. The smallest absolute Gasteiger partial charge is 0.203 e. The Labute approximate surface area is 131 Å². The number of rotatable bonds is 6. The Kier molecular flexibility index (Phi) is 4.81. The standard InChI is InChI=1S/C18H22O4/c1-18(2,12-13-8-5-6-9-14(13)19)22-16-11-7-10-15(20-3)17(16)21-4/h5-11,19H,12H2,1-4H3. The molecule has 0 aliphatic heterocycles. The van der Waals surface area contributed by atoms with Crippen LogP contribution in [0.4, 0.5) is 0 Å². The number of aromatic hydroxyl groups is 1. The number of phenols is 1. The molecule has 0 atom stereocenters. The maximum Gasteiger partial charge on any atom is 0.203 e. The van der Waals surface area contributed by atoms with Crippen LogP contribution in [-0.4, -0.2) is 24.9 Å². The van der Waals surface area contributed by atoms with Crippen LogP contribution >= 0.6 is 0 Å². The summed E-state index contributed by atoms with van der Waals surface area (Å²) in [4.78, 5) is 0. The first-order valence-electron chi connectivity index (χ1n) is 7.14. The molecule has 0 spiro atoms. The highest BCUT2D eigenvalue weighted by Crippen LogP contribution is 2.39. The van der Waals surface area contributed by atoms with Crippen molar-refractivity contribution >= 4 is 0 Å². The second kappa shape index (κ2) is 6.60. The molecule has 4 nitrogen and oxygen atoms in total. The Hall–Kier alpha value is -2.36. The molecule has 0 aliphatic rings. The maximum absolute atomic E-state index is 9.92. The Balaban J connectivity index is 2.24. The van der Waals surface area contributed by atoms with Crippen molar-refractivity contribution in [3.8, 4) is 23.0 Å². The van der Waals surface area contributed by atoms with Gasteiger partial charge in [0, 0.05) is 6.42 Å². The van der Waals surface area contributed by atoms with Crippen molar-refractivity contribution in [2.75, 3.05) is 14.2 Å². The van der Waals surface area contributed by atoms with E-state index in [0.717, 1.165) is 5.56 Å². The van der Waals surface area contributed by atoms with Crippen LogP contribution in [0.15, 0.2) is 42.5 Å².